The van der Waals surface area contributed by atoms with Crippen LogP contribution in [0, 0.1) is 0 Å². The third-order valence-corrected chi connectivity index (χ3v) is 5.69. The van der Waals surface area contributed by atoms with Gasteiger partial charge >= 0.3 is 0 Å². The first-order valence-corrected chi connectivity index (χ1v) is 11.4. The van der Waals surface area contributed by atoms with Crippen LogP contribution in [-0.2, 0) is 4.74 Å². The summed E-state index contributed by atoms with van der Waals surface area (Å²) in [6, 6.07) is 8.05. The summed E-state index contributed by atoms with van der Waals surface area (Å²) >= 11 is 0. The van der Waals surface area contributed by atoms with Crippen molar-refractivity contribution < 1.29 is 19.7 Å². The molecule has 4 heteroatoms. The Hall–Kier alpha value is -1.10. The van der Waals surface area contributed by atoms with Crippen LogP contribution in [0.25, 0.3) is 0 Å². The van der Waals surface area contributed by atoms with Gasteiger partial charge in [-0.05, 0) is 37.0 Å². The van der Waals surface area contributed by atoms with Crippen LogP contribution in [-0.4, -0.2) is 35.6 Å². The SMILES string of the molecule is CCCCCCCCCCCCOc1ccc([C@H]2CC[C@H](O)[C@@H](CO)O2)cc1. The van der Waals surface area contributed by atoms with Gasteiger partial charge < -0.3 is 19.7 Å². The molecule has 0 amide bonds. The van der Waals surface area contributed by atoms with Gasteiger partial charge in [0, 0.05) is 0 Å². The molecule has 1 heterocycles. The standard InChI is InChI=1S/C24H40O4/c1-2-3-4-5-6-7-8-9-10-11-18-27-21-14-12-20(13-15-21)23-17-16-22(26)24(19-25)28-23/h12-15,22-26H,2-11,16-19H2,1H3/t22-,23+,24+/m0/s1. The number of hydrogen-bond acceptors (Lipinski definition) is 4. The molecule has 160 valence electrons. The van der Waals surface area contributed by atoms with Gasteiger partial charge in [0.1, 0.15) is 11.9 Å². The van der Waals surface area contributed by atoms with Crippen LogP contribution >= 0.6 is 0 Å². The van der Waals surface area contributed by atoms with Crippen molar-refractivity contribution in [1.82, 2.24) is 0 Å². The summed E-state index contributed by atoms with van der Waals surface area (Å²) in [4.78, 5) is 0. The third kappa shape index (κ3) is 8.50. The summed E-state index contributed by atoms with van der Waals surface area (Å²) in [7, 11) is 0. The number of hydrogen-bond donors (Lipinski definition) is 2. The van der Waals surface area contributed by atoms with E-state index in [1.54, 1.807) is 0 Å². The average molecular weight is 393 g/mol. The maximum atomic E-state index is 9.80. The van der Waals surface area contributed by atoms with Gasteiger partial charge in [-0.15, -0.1) is 0 Å². The Kier molecular flexibility index (Phi) is 11.6. The molecule has 4 nitrogen and oxygen atoms in total. The predicted molar refractivity (Wildman–Crippen MR) is 114 cm³/mol. The van der Waals surface area contributed by atoms with Crippen LogP contribution < -0.4 is 4.74 Å². The minimum Gasteiger partial charge on any atom is -0.494 e. The van der Waals surface area contributed by atoms with Crippen LogP contribution in [0.2, 0.25) is 0 Å². The van der Waals surface area contributed by atoms with Gasteiger partial charge in [-0.25, -0.2) is 0 Å². The van der Waals surface area contributed by atoms with Crippen molar-refractivity contribution in [2.45, 2.75) is 102 Å². The first-order chi connectivity index (χ1) is 13.7. The van der Waals surface area contributed by atoms with Crippen LogP contribution in [0.15, 0.2) is 24.3 Å². The summed E-state index contributed by atoms with van der Waals surface area (Å²) in [5, 5.41) is 19.1. The summed E-state index contributed by atoms with van der Waals surface area (Å²) in [6.07, 6.45) is 13.6. The lowest BCUT2D eigenvalue weighted by Gasteiger charge is -2.33. The Labute approximate surface area is 171 Å². The van der Waals surface area contributed by atoms with Crippen LogP contribution in [0.1, 0.15) is 95.6 Å². The average Bonchev–Trinajstić information content (AvgIpc) is 2.73. The van der Waals surface area contributed by atoms with Crippen molar-refractivity contribution >= 4 is 0 Å². The number of aliphatic hydroxyl groups is 2. The highest BCUT2D eigenvalue weighted by atomic mass is 16.5. The molecule has 2 N–H and O–H groups in total. The summed E-state index contributed by atoms with van der Waals surface area (Å²) < 4.78 is 11.7. The third-order valence-electron chi connectivity index (χ3n) is 5.69. The zero-order valence-corrected chi connectivity index (χ0v) is 17.7. The Balaban J connectivity index is 1.54. The fourth-order valence-corrected chi connectivity index (χ4v) is 3.85. The Bertz CT molecular complexity index is 502. The number of aliphatic hydroxyl groups excluding tert-OH is 2. The molecule has 1 aromatic carbocycles. The predicted octanol–water partition coefficient (Wildman–Crippen LogP) is 5.56. The summed E-state index contributed by atoms with van der Waals surface area (Å²) in [5.74, 6) is 0.897. The molecule has 1 fully saturated rings. The fraction of sp³-hybridized carbons (Fsp3) is 0.750. The summed E-state index contributed by atoms with van der Waals surface area (Å²) in [6.45, 7) is 2.90. The highest BCUT2D eigenvalue weighted by Crippen LogP contribution is 2.32. The molecule has 1 saturated heterocycles. The monoisotopic (exact) mass is 392 g/mol. The quantitative estimate of drug-likeness (QED) is 0.407. The van der Waals surface area contributed by atoms with E-state index in [4.69, 9.17) is 9.47 Å². The molecule has 0 saturated carbocycles. The van der Waals surface area contributed by atoms with Crippen molar-refractivity contribution in [3.05, 3.63) is 29.8 Å². The van der Waals surface area contributed by atoms with Gasteiger partial charge in [-0.1, -0.05) is 76.8 Å². The molecule has 0 unspecified atom stereocenters. The van der Waals surface area contributed by atoms with E-state index < -0.39 is 12.2 Å². The molecule has 1 aliphatic rings. The smallest absolute Gasteiger partial charge is 0.119 e. The molecular weight excluding hydrogens is 352 g/mol. The van der Waals surface area contributed by atoms with E-state index in [1.807, 2.05) is 24.3 Å². The minimum atomic E-state index is -0.565. The highest BCUT2D eigenvalue weighted by molar-refractivity contribution is 5.28. The van der Waals surface area contributed by atoms with Crippen molar-refractivity contribution in [3.63, 3.8) is 0 Å². The molecule has 1 aromatic rings. The number of benzene rings is 1. The van der Waals surface area contributed by atoms with Gasteiger partial charge in [0.05, 0.1) is 25.4 Å². The van der Waals surface area contributed by atoms with E-state index in [0.717, 1.165) is 30.8 Å². The second-order valence-electron chi connectivity index (χ2n) is 8.09. The minimum absolute atomic E-state index is 0.0587. The lowest BCUT2D eigenvalue weighted by molar-refractivity contribution is -0.135. The topological polar surface area (TPSA) is 58.9 Å². The van der Waals surface area contributed by atoms with Crippen molar-refractivity contribution in [2.24, 2.45) is 0 Å². The Morgan fingerprint density at radius 3 is 2.11 bits per heavy atom. The van der Waals surface area contributed by atoms with E-state index in [0.29, 0.717) is 6.42 Å². The fourth-order valence-electron chi connectivity index (χ4n) is 3.85. The first kappa shape index (κ1) is 23.2. The molecular formula is C24H40O4. The molecule has 3 atom stereocenters. The van der Waals surface area contributed by atoms with E-state index in [2.05, 4.69) is 6.92 Å². The zero-order valence-electron chi connectivity index (χ0n) is 17.7. The van der Waals surface area contributed by atoms with Crippen LogP contribution in [0.4, 0.5) is 0 Å². The van der Waals surface area contributed by atoms with Gasteiger partial charge in [-0.2, -0.15) is 0 Å². The first-order valence-electron chi connectivity index (χ1n) is 11.4. The van der Waals surface area contributed by atoms with Crippen molar-refractivity contribution in [2.75, 3.05) is 13.2 Å². The molecule has 2 rings (SSSR count). The zero-order chi connectivity index (χ0) is 20.0. The number of ether oxygens (including phenoxy) is 2. The number of unbranched alkanes of at least 4 members (excludes halogenated alkanes) is 9. The molecule has 0 bridgehead atoms. The van der Waals surface area contributed by atoms with E-state index >= 15 is 0 Å². The van der Waals surface area contributed by atoms with Crippen molar-refractivity contribution in [1.29, 1.82) is 0 Å². The molecule has 0 radical (unpaired) electrons. The molecule has 1 aliphatic heterocycles. The van der Waals surface area contributed by atoms with Crippen LogP contribution in [0.3, 0.4) is 0 Å². The van der Waals surface area contributed by atoms with Gasteiger partial charge in [-0.3, -0.25) is 0 Å². The van der Waals surface area contributed by atoms with E-state index in [9.17, 15) is 10.2 Å². The van der Waals surface area contributed by atoms with Gasteiger partial charge in [0.2, 0.25) is 0 Å². The largest absolute Gasteiger partial charge is 0.494 e. The van der Waals surface area contributed by atoms with Gasteiger partial charge in [0.15, 0.2) is 0 Å². The van der Waals surface area contributed by atoms with Crippen LogP contribution in [0.5, 0.6) is 5.75 Å². The number of rotatable bonds is 14. The maximum Gasteiger partial charge on any atom is 0.119 e. The second-order valence-corrected chi connectivity index (χ2v) is 8.09. The van der Waals surface area contributed by atoms with Gasteiger partial charge in [0.25, 0.3) is 0 Å². The summed E-state index contributed by atoms with van der Waals surface area (Å²) in [5.41, 5.74) is 1.08. The highest BCUT2D eigenvalue weighted by Gasteiger charge is 2.30. The molecule has 28 heavy (non-hydrogen) atoms. The molecule has 0 spiro atoms. The normalized spacial score (nSPS) is 22.3. The maximum absolute atomic E-state index is 9.80. The lowest BCUT2D eigenvalue weighted by Crippen LogP contribution is -2.38. The lowest BCUT2D eigenvalue weighted by atomic mass is 9.96. The molecule has 0 aliphatic carbocycles. The Morgan fingerprint density at radius 2 is 1.50 bits per heavy atom. The molecule has 0 aromatic heterocycles. The second kappa shape index (κ2) is 14.0. The van der Waals surface area contributed by atoms with E-state index in [-0.39, 0.29) is 12.7 Å². The Morgan fingerprint density at radius 1 is 0.893 bits per heavy atom. The van der Waals surface area contributed by atoms with E-state index in [1.165, 1.54) is 57.8 Å². The van der Waals surface area contributed by atoms with Crippen molar-refractivity contribution in [3.8, 4) is 5.75 Å².